The fraction of sp³-hybridized carbons (Fsp3) is 0.467. The Balaban J connectivity index is 2.48. The summed E-state index contributed by atoms with van der Waals surface area (Å²) in [5.74, 6) is -0.0912. The first-order valence-electron chi connectivity index (χ1n) is 7.08. The maximum atomic E-state index is 12.0. The highest BCUT2D eigenvalue weighted by Gasteiger charge is 2.24. The quantitative estimate of drug-likeness (QED) is 0.521. The number of hydrogen-bond donors (Lipinski definition) is 3. The Kier molecular flexibility index (Phi) is 6.97. The maximum absolute atomic E-state index is 12.0. The van der Waals surface area contributed by atoms with Crippen molar-refractivity contribution in [3.63, 3.8) is 0 Å². The average molecular weight is 325 g/mol. The molecule has 0 saturated carbocycles. The highest BCUT2D eigenvalue weighted by molar-refractivity contribution is 7.80. The van der Waals surface area contributed by atoms with Crippen molar-refractivity contribution in [1.29, 1.82) is 0 Å². The van der Waals surface area contributed by atoms with E-state index in [2.05, 4.69) is 60.6 Å². The SMILES string of the molecule is CC(=O)N[C@@H](CS)C(=O)NCC[Si](C)(C)c1ccccc1. The van der Waals surface area contributed by atoms with Crippen molar-refractivity contribution in [1.82, 2.24) is 10.6 Å². The number of amides is 2. The first-order valence-corrected chi connectivity index (χ1v) is 10.9. The zero-order chi connectivity index (χ0) is 15.9. The molecule has 6 heteroatoms. The zero-order valence-electron chi connectivity index (χ0n) is 12.8. The van der Waals surface area contributed by atoms with Crippen LogP contribution in [0.25, 0.3) is 0 Å². The molecule has 1 atom stereocenters. The molecule has 2 amide bonds. The molecule has 0 aliphatic carbocycles. The Morgan fingerprint density at radius 2 is 1.86 bits per heavy atom. The van der Waals surface area contributed by atoms with E-state index < -0.39 is 14.1 Å². The van der Waals surface area contributed by atoms with E-state index in [1.165, 1.54) is 12.1 Å². The smallest absolute Gasteiger partial charge is 0.243 e. The van der Waals surface area contributed by atoms with Crippen LogP contribution in [0.4, 0.5) is 0 Å². The average Bonchev–Trinajstić information content (AvgIpc) is 2.45. The van der Waals surface area contributed by atoms with Crippen molar-refractivity contribution in [3.8, 4) is 0 Å². The van der Waals surface area contributed by atoms with E-state index in [0.29, 0.717) is 12.3 Å². The lowest BCUT2D eigenvalue weighted by Crippen LogP contribution is -2.49. The molecule has 0 aliphatic heterocycles. The molecule has 0 aliphatic rings. The van der Waals surface area contributed by atoms with Crippen molar-refractivity contribution in [2.45, 2.75) is 32.1 Å². The minimum atomic E-state index is -1.54. The van der Waals surface area contributed by atoms with Crippen LogP contribution in [0.3, 0.4) is 0 Å². The van der Waals surface area contributed by atoms with Gasteiger partial charge in [0, 0.05) is 19.2 Å². The van der Waals surface area contributed by atoms with Crippen molar-refractivity contribution < 1.29 is 9.59 Å². The number of rotatable bonds is 7. The number of benzene rings is 1. The van der Waals surface area contributed by atoms with E-state index in [1.54, 1.807) is 0 Å². The van der Waals surface area contributed by atoms with Crippen LogP contribution < -0.4 is 15.8 Å². The number of nitrogens with one attached hydrogen (secondary N) is 2. The Bertz CT molecular complexity index is 480. The molecule has 116 valence electrons. The number of carbonyl (C=O) groups excluding carboxylic acids is 2. The van der Waals surface area contributed by atoms with E-state index in [1.807, 2.05) is 6.07 Å². The van der Waals surface area contributed by atoms with Crippen LogP contribution in [-0.4, -0.2) is 38.2 Å². The normalized spacial score (nSPS) is 12.6. The molecule has 1 aromatic rings. The summed E-state index contributed by atoms with van der Waals surface area (Å²) < 4.78 is 0. The standard InChI is InChI=1S/C15H24N2O2SSi/c1-12(18)17-14(11-20)15(19)16-9-10-21(2,3)13-7-5-4-6-8-13/h4-8,14,20H,9-11H2,1-3H3,(H,16,19)(H,17,18)/t14-/m0/s1. The van der Waals surface area contributed by atoms with Gasteiger partial charge in [-0.05, 0) is 6.04 Å². The van der Waals surface area contributed by atoms with E-state index in [9.17, 15) is 9.59 Å². The van der Waals surface area contributed by atoms with Crippen LogP contribution >= 0.6 is 12.6 Å². The largest absolute Gasteiger partial charge is 0.355 e. The lowest BCUT2D eigenvalue weighted by Gasteiger charge is -2.24. The molecule has 21 heavy (non-hydrogen) atoms. The molecule has 0 saturated heterocycles. The van der Waals surface area contributed by atoms with Crippen molar-refractivity contribution >= 4 is 37.7 Å². The molecule has 0 radical (unpaired) electrons. The fourth-order valence-electron chi connectivity index (χ4n) is 2.09. The number of hydrogen-bond acceptors (Lipinski definition) is 3. The van der Waals surface area contributed by atoms with Gasteiger partial charge in [0.1, 0.15) is 6.04 Å². The van der Waals surface area contributed by atoms with Crippen LogP contribution in [0, 0.1) is 0 Å². The second-order valence-corrected chi connectivity index (χ2v) is 10.9. The van der Waals surface area contributed by atoms with Gasteiger partial charge in [0.25, 0.3) is 0 Å². The second kappa shape index (κ2) is 8.24. The summed E-state index contributed by atoms with van der Waals surface area (Å²) in [6.45, 7) is 6.60. The Hall–Kier alpha value is -1.27. The van der Waals surface area contributed by atoms with E-state index in [0.717, 1.165) is 6.04 Å². The van der Waals surface area contributed by atoms with E-state index in [-0.39, 0.29) is 11.8 Å². The van der Waals surface area contributed by atoms with Crippen LogP contribution in [0.2, 0.25) is 19.1 Å². The Labute approximate surface area is 133 Å². The predicted molar refractivity (Wildman–Crippen MR) is 92.8 cm³/mol. The van der Waals surface area contributed by atoms with E-state index >= 15 is 0 Å². The van der Waals surface area contributed by atoms with Gasteiger partial charge in [0.05, 0.1) is 8.07 Å². The molecule has 0 aromatic heterocycles. The molecule has 2 N–H and O–H groups in total. The van der Waals surface area contributed by atoms with E-state index in [4.69, 9.17) is 0 Å². The fourth-order valence-corrected chi connectivity index (χ4v) is 4.49. The minimum Gasteiger partial charge on any atom is -0.355 e. The molecular formula is C15H24N2O2SSi. The molecule has 0 bridgehead atoms. The summed E-state index contributed by atoms with van der Waals surface area (Å²) in [7, 11) is -1.54. The third-order valence-electron chi connectivity index (χ3n) is 3.48. The molecule has 1 rings (SSSR count). The van der Waals surface area contributed by atoms with Crippen LogP contribution in [-0.2, 0) is 9.59 Å². The zero-order valence-corrected chi connectivity index (χ0v) is 14.7. The third-order valence-corrected chi connectivity index (χ3v) is 7.24. The molecule has 1 aromatic carbocycles. The summed E-state index contributed by atoms with van der Waals surface area (Å²) in [4.78, 5) is 23.0. The summed E-state index contributed by atoms with van der Waals surface area (Å²) in [6.07, 6.45) is 0. The van der Waals surface area contributed by atoms with Gasteiger partial charge in [0.2, 0.25) is 11.8 Å². The Morgan fingerprint density at radius 1 is 1.24 bits per heavy atom. The third kappa shape index (κ3) is 5.93. The lowest BCUT2D eigenvalue weighted by molar-refractivity contribution is -0.127. The monoisotopic (exact) mass is 324 g/mol. The second-order valence-electron chi connectivity index (χ2n) is 5.73. The molecule has 0 heterocycles. The van der Waals surface area contributed by atoms with Crippen LogP contribution in [0.1, 0.15) is 6.92 Å². The molecule has 0 unspecified atom stereocenters. The lowest BCUT2D eigenvalue weighted by atomic mass is 10.3. The van der Waals surface area contributed by atoms with Gasteiger partial charge < -0.3 is 10.6 Å². The van der Waals surface area contributed by atoms with Crippen LogP contribution in [0.15, 0.2) is 30.3 Å². The predicted octanol–water partition coefficient (Wildman–Crippen LogP) is 1.15. The van der Waals surface area contributed by atoms with Crippen molar-refractivity contribution in [2.75, 3.05) is 12.3 Å². The minimum absolute atomic E-state index is 0.168. The first kappa shape index (κ1) is 17.8. The summed E-state index contributed by atoms with van der Waals surface area (Å²) >= 11 is 4.10. The van der Waals surface area contributed by atoms with Gasteiger partial charge in [-0.2, -0.15) is 12.6 Å². The molecule has 0 fully saturated rings. The summed E-state index contributed by atoms with van der Waals surface area (Å²) in [5.41, 5.74) is 0. The van der Waals surface area contributed by atoms with Crippen molar-refractivity contribution in [2.24, 2.45) is 0 Å². The molecular weight excluding hydrogens is 300 g/mol. The summed E-state index contributed by atoms with van der Waals surface area (Å²) in [6, 6.07) is 10.8. The summed E-state index contributed by atoms with van der Waals surface area (Å²) in [5, 5.41) is 6.87. The highest BCUT2D eigenvalue weighted by atomic mass is 32.1. The molecule has 0 spiro atoms. The van der Waals surface area contributed by atoms with Gasteiger partial charge in [0.15, 0.2) is 0 Å². The first-order chi connectivity index (χ1) is 9.86. The number of thiol groups is 1. The highest BCUT2D eigenvalue weighted by Crippen LogP contribution is 2.08. The van der Waals surface area contributed by atoms with Gasteiger partial charge in [-0.3, -0.25) is 9.59 Å². The van der Waals surface area contributed by atoms with Gasteiger partial charge in [-0.1, -0.05) is 48.6 Å². The van der Waals surface area contributed by atoms with Gasteiger partial charge in [-0.25, -0.2) is 0 Å². The Morgan fingerprint density at radius 3 is 2.38 bits per heavy atom. The molecule has 4 nitrogen and oxygen atoms in total. The van der Waals surface area contributed by atoms with Gasteiger partial charge >= 0.3 is 0 Å². The maximum Gasteiger partial charge on any atom is 0.243 e. The van der Waals surface area contributed by atoms with Crippen LogP contribution in [0.5, 0.6) is 0 Å². The van der Waals surface area contributed by atoms with Crippen molar-refractivity contribution in [3.05, 3.63) is 30.3 Å². The topological polar surface area (TPSA) is 58.2 Å². The number of carbonyl (C=O) groups is 2. The van der Waals surface area contributed by atoms with Gasteiger partial charge in [-0.15, -0.1) is 0 Å².